The van der Waals surface area contributed by atoms with E-state index in [1.54, 1.807) is 6.07 Å². The van der Waals surface area contributed by atoms with Gasteiger partial charge >= 0.3 is 0 Å². The van der Waals surface area contributed by atoms with Crippen LogP contribution in [-0.2, 0) is 6.54 Å². The van der Waals surface area contributed by atoms with Crippen molar-refractivity contribution in [2.24, 2.45) is 0 Å². The average molecular weight is 324 g/mol. The molecule has 6 heteroatoms. The zero-order valence-corrected chi connectivity index (χ0v) is 13.5. The summed E-state index contributed by atoms with van der Waals surface area (Å²) in [5.74, 6) is 0.579. The summed E-state index contributed by atoms with van der Waals surface area (Å²) < 4.78 is 21.1. The summed E-state index contributed by atoms with van der Waals surface area (Å²) in [7, 11) is 0. The van der Waals surface area contributed by atoms with Crippen LogP contribution in [-0.4, -0.2) is 14.5 Å². The number of benzene rings is 2. The van der Waals surface area contributed by atoms with E-state index in [9.17, 15) is 4.39 Å². The molecule has 0 aliphatic heterocycles. The third-order valence-electron chi connectivity index (χ3n) is 4.08. The lowest BCUT2D eigenvalue weighted by atomic mass is 10.3. The van der Waals surface area contributed by atoms with Crippen molar-refractivity contribution in [1.82, 2.24) is 14.5 Å². The van der Waals surface area contributed by atoms with E-state index in [4.69, 9.17) is 9.40 Å². The molecule has 0 aliphatic carbocycles. The second-order valence-corrected chi connectivity index (χ2v) is 5.70. The van der Waals surface area contributed by atoms with Crippen molar-refractivity contribution in [3.63, 3.8) is 0 Å². The Morgan fingerprint density at radius 2 is 2.00 bits per heavy atom. The molecular formula is C18H17FN4O. The van der Waals surface area contributed by atoms with E-state index < -0.39 is 0 Å². The van der Waals surface area contributed by atoms with Crippen molar-refractivity contribution in [3.05, 3.63) is 54.1 Å². The summed E-state index contributed by atoms with van der Waals surface area (Å²) in [6, 6.07) is 12.6. The lowest BCUT2D eigenvalue weighted by molar-refractivity contribution is 0.588. The van der Waals surface area contributed by atoms with Crippen molar-refractivity contribution < 1.29 is 8.81 Å². The van der Waals surface area contributed by atoms with E-state index >= 15 is 0 Å². The molecule has 1 N–H and O–H groups in total. The number of hydrogen-bond donors (Lipinski definition) is 1. The second-order valence-electron chi connectivity index (χ2n) is 5.70. The molecule has 0 saturated heterocycles. The quantitative estimate of drug-likeness (QED) is 0.600. The predicted octanol–water partition coefficient (Wildman–Crippen LogP) is 4.51. The summed E-state index contributed by atoms with van der Waals surface area (Å²) in [6.07, 6.45) is 0. The number of imidazole rings is 1. The first-order valence-corrected chi connectivity index (χ1v) is 7.93. The van der Waals surface area contributed by atoms with Crippen LogP contribution in [0.25, 0.3) is 22.1 Å². The maximum Gasteiger partial charge on any atom is 0.296 e. The molecule has 5 nitrogen and oxygen atoms in total. The molecule has 0 amide bonds. The summed E-state index contributed by atoms with van der Waals surface area (Å²) in [4.78, 5) is 9.01. The molecule has 1 unspecified atom stereocenters. The van der Waals surface area contributed by atoms with Crippen molar-refractivity contribution in [3.8, 4) is 0 Å². The van der Waals surface area contributed by atoms with Crippen LogP contribution in [0.5, 0.6) is 0 Å². The molecule has 0 saturated carbocycles. The first-order chi connectivity index (χ1) is 11.7. The maximum atomic E-state index is 13.3. The van der Waals surface area contributed by atoms with Crippen LogP contribution in [0, 0.1) is 5.82 Å². The molecule has 0 aliphatic rings. The molecule has 122 valence electrons. The summed E-state index contributed by atoms with van der Waals surface area (Å²) in [5, 5.41) is 3.22. The van der Waals surface area contributed by atoms with Gasteiger partial charge in [0.1, 0.15) is 17.2 Å². The summed E-state index contributed by atoms with van der Waals surface area (Å²) >= 11 is 0. The van der Waals surface area contributed by atoms with E-state index in [0.29, 0.717) is 17.1 Å². The van der Waals surface area contributed by atoms with Gasteiger partial charge in [-0.05, 0) is 38.1 Å². The Hall–Kier alpha value is -2.89. The Balaban J connectivity index is 1.69. The number of hydrogen-bond acceptors (Lipinski definition) is 4. The summed E-state index contributed by atoms with van der Waals surface area (Å²) in [5.41, 5.74) is 3.11. The number of anilines is 1. The van der Waals surface area contributed by atoms with E-state index in [-0.39, 0.29) is 11.9 Å². The Morgan fingerprint density at radius 3 is 2.83 bits per heavy atom. The molecule has 0 bridgehead atoms. The van der Waals surface area contributed by atoms with Crippen molar-refractivity contribution in [1.29, 1.82) is 0 Å². The van der Waals surface area contributed by atoms with Gasteiger partial charge in [0.25, 0.3) is 6.01 Å². The molecule has 24 heavy (non-hydrogen) atoms. The van der Waals surface area contributed by atoms with Gasteiger partial charge in [-0.1, -0.05) is 12.1 Å². The van der Waals surface area contributed by atoms with E-state index in [1.165, 1.54) is 12.1 Å². The minimum absolute atomic E-state index is 0.102. The zero-order chi connectivity index (χ0) is 16.7. The van der Waals surface area contributed by atoms with Crippen molar-refractivity contribution in [2.75, 3.05) is 5.32 Å². The smallest absolute Gasteiger partial charge is 0.296 e. The molecule has 2 aromatic carbocycles. The monoisotopic (exact) mass is 324 g/mol. The van der Waals surface area contributed by atoms with Crippen LogP contribution in [0.15, 0.2) is 46.9 Å². The van der Waals surface area contributed by atoms with Gasteiger partial charge in [-0.15, -0.1) is 0 Å². The molecule has 2 aromatic heterocycles. The summed E-state index contributed by atoms with van der Waals surface area (Å²) in [6.45, 7) is 4.91. The minimum atomic E-state index is -0.330. The molecule has 1 atom stereocenters. The average Bonchev–Trinajstić information content (AvgIpc) is 3.14. The lowest BCUT2D eigenvalue weighted by Gasteiger charge is -2.13. The van der Waals surface area contributed by atoms with Crippen LogP contribution in [0.3, 0.4) is 0 Å². The van der Waals surface area contributed by atoms with Crippen molar-refractivity contribution >= 4 is 28.1 Å². The topological polar surface area (TPSA) is 55.9 Å². The normalized spacial score (nSPS) is 12.8. The van der Waals surface area contributed by atoms with E-state index in [0.717, 1.165) is 23.4 Å². The molecule has 4 rings (SSSR count). The maximum absolute atomic E-state index is 13.3. The van der Waals surface area contributed by atoms with Crippen LogP contribution < -0.4 is 5.32 Å². The predicted molar refractivity (Wildman–Crippen MR) is 91.4 cm³/mol. The van der Waals surface area contributed by atoms with Gasteiger partial charge in [-0.25, -0.2) is 9.37 Å². The number of nitrogens with zero attached hydrogens (tertiary/aromatic N) is 3. The van der Waals surface area contributed by atoms with Gasteiger partial charge in [0.05, 0.1) is 17.1 Å². The number of fused-ring (bicyclic) bond motifs is 2. The highest BCUT2D eigenvalue weighted by atomic mass is 19.1. The van der Waals surface area contributed by atoms with Gasteiger partial charge in [0, 0.05) is 12.6 Å². The molecule has 4 aromatic rings. The van der Waals surface area contributed by atoms with Crippen LogP contribution in [0.1, 0.15) is 25.7 Å². The Morgan fingerprint density at radius 1 is 1.17 bits per heavy atom. The third kappa shape index (κ3) is 2.40. The number of aryl methyl sites for hydroxylation is 1. The fourth-order valence-corrected chi connectivity index (χ4v) is 2.97. The first kappa shape index (κ1) is 14.7. The Bertz CT molecular complexity index is 1020. The number of rotatable bonds is 4. The SMILES string of the molecule is CCn1c(C(C)Nc2nc3cc(F)ccc3o2)nc2ccccc21. The van der Waals surface area contributed by atoms with Crippen LogP contribution in [0.2, 0.25) is 0 Å². The number of oxazole rings is 1. The molecule has 0 fully saturated rings. The number of para-hydroxylation sites is 2. The second kappa shape index (κ2) is 5.63. The van der Waals surface area contributed by atoms with Crippen molar-refractivity contribution in [2.45, 2.75) is 26.4 Å². The van der Waals surface area contributed by atoms with Gasteiger partial charge in [-0.2, -0.15) is 4.98 Å². The van der Waals surface area contributed by atoms with Gasteiger partial charge in [0.2, 0.25) is 0 Å². The van der Waals surface area contributed by atoms with E-state index in [2.05, 4.69) is 27.9 Å². The largest absolute Gasteiger partial charge is 0.424 e. The number of halogens is 1. The van der Waals surface area contributed by atoms with Gasteiger partial charge in [-0.3, -0.25) is 0 Å². The molecule has 0 spiro atoms. The first-order valence-electron chi connectivity index (χ1n) is 7.93. The van der Waals surface area contributed by atoms with Crippen LogP contribution >= 0.6 is 0 Å². The van der Waals surface area contributed by atoms with E-state index in [1.807, 2.05) is 25.1 Å². The highest BCUT2D eigenvalue weighted by molar-refractivity contribution is 5.76. The Kier molecular flexibility index (Phi) is 3.45. The molecule has 0 radical (unpaired) electrons. The number of nitrogens with one attached hydrogen (secondary N) is 1. The van der Waals surface area contributed by atoms with Gasteiger partial charge in [0.15, 0.2) is 5.58 Å². The lowest BCUT2D eigenvalue weighted by Crippen LogP contribution is -2.13. The van der Waals surface area contributed by atoms with Gasteiger partial charge < -0.3 is 14.3 Å². The third-order valence-corrected chi connectivity index (χ3v) is 4.08. The van der Waals surface area contributed by atoms with Crippen LogP contribution in [0.4, 0.5) is 10.4 Å². The minimum Gasteiger partial charge on any atom is -0.424 e. The highest BCUT2D eigenvalue weighted by Gasteiger charge is 2.17. The zero-order valence-electron chi connectivity index (χ0n) is 13.5. The fraction of sp³-hybridized carbons (Fsp3) is 0.222. The molecular weight excluding hydrogens is 307 g/mol. The highest BCUT2D eigenvalue weighted by Crippen LogP contribution is 2.25. The number of aromatic nitrogens is 3. The standard InChI is InChI=1S/C18H17FN4O/c1-3-23-15-7-5-4-6-13(15)21-17(23)11(2)20-18-22-14-10-12(19)8-9-16(14)24-18/h4-11H,3H2,1-2H3,(H,20,22). The Labute approximate surface area is 138 Å². The fourth-order valence-electron chi connectivity index (χ4n) is 2.97. The molecule has 2 heterocycles.